The average Bonchev–Trinajstić information content (AvgIpc) is 3.03. The fourth-order valence-electron chi connectivity index (χ4n) is 3.34. The van der Waals surface area contributed by atoms with Gasteiger partial charge in [0.1, 0.15) is 0 Å². The number of nitrogens with one attached hydrogen (secondary N) is 1. The number of benzene rings is 1. The number of carbonyl (C=O) groups is 1. The van der Waals surface area contributed by atoms with Crippen molar-refractivity contribution in [1.29, 1.82) is 0 Å². The summed E-state index contributed by atoms with van der Waals surface area (Å²) in [6, 6.07) is 9.34. The Morgan fingerprint density at radius 3 is 2.59 bits per heavy atom. The first-order chi connectivity index (χ1) is 9.90. The van der Waals surface area contributed by atoms with Gasteiger partial charge in [0.25, 0.3) is 5.92 Å². The first-order valence-electron chi connectivity index (χ1n) is 7.35. The molecule has 2 atom stereocenters. The number of carbonyl (C=O) groups excluding carboxylic acids is 1. The molecule has 0 aliphatic carbocycles. The van der Waals surface area contributed by atoms with Gasteiger partial charge < -0.3 is 4.90 Å². The van der Waals surface area contributed by atoms with Crippen molar-refractivity contribution in [1.82, 2.24) is 10.2 Å². The van der Waals surface area contributed by atoms with Crippen LogP contribution in [0, 0.1) is 0 Å². The summed E-state index contributed by atoms with van der Waals surface area (Å²) >= 11 is 0. The maximum Gasteiger partial charge on any atom is 0.262 e. The third-order valence-corrected chi connectivity index (χ3v) is 4.66. The van der Waals surface area contributed by atoms with Crippen LogP contribution in [0.25, 0.3) is 0 Å². The zero-order valence-corrected chi connectivity index (χ0v) is 13.3. The van der Waals surface area contributed by atoms with E-state index in [4.69, 9.17) is 0 Å². The van der Waals surface area contributed by atoms with E-state index in [1.54, 1.807) is 4.90 Å². The number of halogens is 3. The highest BCUT2D eigenvalue weighted by molar-refractivity contribution is 5.85. The second kappa shape index (κ2) is 6.13. The molecule has 2 aliphatic heterocycles. The Hall–Kier alpha value is -1.20. The fraction of sp³-hybridized carbons (Fsp3) is 0.562. The Labute approximate surface area is 135 Å². The zero-order valence-electron chi connectivity index (χ0n) is 12.5. The van der Waals surface area contributed by atoms with Crippen LogP contribution in [0.5, 0.6) is 0 Å². The lowest BCUT2D eigenvalue weighted by Gasteiger charge is -2.26. The van der Waals surface area contributed by atoms with Gasteiger partial charge in [0.15, 0.2) is 0 Å². The predicted molar refractivity (Wildman–Crippen MR) is 83.6 cm³/mol. The van der Waals surface area contributed by atoms with Crippen molar-refractivity contribution in [2.45, 2.75) is 37.1 Å². The highest BCUT2D eigenvalue weighted by Gasteiger charge is 2.46. The van der Waals surface area contributed by atoms with Gasteiger partial charge in [-0.05, 0) is 12.0 Å². The molecule has 1 aromatic carbocycles. The molecule has 1 N–H and O–H groups in total. The third-order valence-electron chi connectivity index (χ3n) is 4.66. The number of alkyl halides is 2. The van der Waals surface area contributed by atoms with Crippen LogP contribution in [-0.2, 0) is 10.2 Å². The van der Waals surface area contributed by atoms with Crippen molar-refractivity contribution in [3.05, 3.63) is 35.9 Å². The normalized spacial score (nSPS) is 30.1. The van der Waals surface area contributed by atoms with Gasteiger partial charge in [0.2, 0.25) is 5.91 Å². The summed E-state index contributed by atoms with van der Waals surface area (Å²) in [6.07, 6.45) is 0.482. The average molecular weight is 331 g/mol. The number of hydrogen-bond donors (Lipinski definition) is 1. The Kier molecular flexibility index (Phi) is 4.78. The van der Waals surface area contributed by atoms with Crippen LogP contribution in [0.4, 0.5) is 8.78 Å². The second-order valence-corrected chi connectivity index (χ2v) is 6.43. The van der Waals surface area contributed by atoms with Gasteiger partial charge in [-0.3, -0.25) is 10.1 Å². The van der Waals surface area contributed by atoms with Crippen LogP contribution < -0.4 is 5.32 Å². The second-order valence-electron chi connectivity index (χ2n) is 6.43. The van der Waals surface area contributed by atoms with E-state index >= 15 is 0 Å². The summed E-state index contributed by atoms with van der Waals surface area (Å²) in [5.74, 6) is -2.95. The minimum Gasteiger partial charge on any atom is -0.340 e. The van der Waals surface area contributed by atoms with E-state index in [9.17, 15) is 13.6 Å². The number of rotatable bonds is 2. The van der Waals surface area contributed by atoms with Crippen LogP contribution in [0.2, 0.25) is 0 Å². The molecule has 22 heavy (non-hydrogen) atoms. The van der Waals surface area contributed by atoms with Crippen molar-refractivity contribution >= 4 is 18.3 Å². The van der Waals surface area contributed by atoms with E-state index in [1.165, 1.54) is 5.56 Å². The van der Waals surface area contributed by atoms with Gasteiger partial charge >= 0.3 is 0 Å². The summed E-state index contributed by atoms with van der Waals surface area (Å²) in [5.41, 5.74) is 1.11. The molecular weight excluding hydrogens is 310 g/mol. The lowest BCUT2D eigenvalue weighted by atomic mass is 9.82. The van der Waals surface area contributed by atoms with E-state index in [1.807, 2.05) is 18.2 Å². The van der Waals surface area contributed by atoms with Gasteiger partial charge in [-0.25, -0.2) is 8.78 Å². The molecule has 0 saturated carbocycles. The van der Waals surface area contributed by atoms with E-state index in [2.05, 4.69) is 24.4 Å². The van der Waals surface area contributed by atoms with Crippen LogP contribution in [0.15, 0.2) is 30.3 Å². The van der Waals surface area contributed by atoms with Crippen molar-refractivity contribution in [3.8, 4) is 0 Å². The van der Waals surface area contributed by atoms with Gasteiger partial charge in [0, 0.05) is 24.9 Å². The topological polar surface area (TPSA) is 32.3 Å². The van der Waals surface area contributed by atoms with E-state index in [0.29, 0.717) is 13.1 Å². The van der Waals surface area contributed by atoms with Crippen LogP contribution >= 0.6 is 12.4 Å². The lowest BCUT2D eigenvalue weighted by molar-refractivity contribution is -0.132. The molecule has 2 saturated heterocycles. The molecule has 2 heterocycles. The number of amides is 1. The minimum absolute atomic E-state index is 0. The van der Waals surface area contributed by atoms with Gasteiger partial charge in [0.05, 0.1) is 12.6 Å². The first kappa shape index (κ1) is 17.2. The fourth-order valence-corrected chi connectivity index (χ4v) is 3.34. The smallest absolute Gasteiger partial charge is 0.262 e. The monoisotopic (exact) mass is 330 g/mol. The molecular formula is C16H21ClF2N2O. The van der Waals surface area contributed by atoms with Gasteiger partial charge in [-0.15, -0.1) is 12.4 Å². The highest BCUT2D eigenvalue weighted by Crippen LogP contribution is 2.35. The highest BCUT2D eigenvalue weighted by atomic mass is 35.5. The summed E-state index contributed by atoms with van der Waals surface area (Å²) < 4.78 is 26.5. The molecule has 3 nitrogen and oxygen atoms in total. The molecule has 0 spiro atoms. The number of nitrogens with zero attached hydrogens (tertiary/aromatic N) is 1. The van der Waals surface area contributed by atoms with Crippen molar-refractivity contribution < 1.29 is 13.6 Å². The molecule has 1 amide bonds. The molecule has 0 aromatic heterocycles. The largest absolute Gasteiger partial charge is 0.340 e. The predicted octanol–water partition coefficient (Wildman–Crippen LogP) is 2.60. The van der Waals surface area contributed by atoms with Crippen molar-refractivity contribution in [3.63, 3.8) is 0 Å². The molecule has 0 radical (unpaired) electrons. The van der Waals surface area contributed by atoms with E-state index < -0.39 is 18.5 Å². The van der Waals surface area contributed by atoms with Crippen molar-refractivity contribution in [2.75, 3.05) is 19.6 Å². The van der Waals surface area contributed by atoms with E-state index in [-0.39, 0.29) is 30.2 Å². The summed E-state index contributed by atoms with van der Waals surface area (Å²) in [4.78, 5) is 14.1. The summed E-state index contributed by atoms with van der Waals surface area (Å²) in [5, 5.41) is 2.65. The Morgan fingerprint density at radius 2 is 2.00 bits per heavy atom. The Morgan fingerprint density at radius 1 is 1.32 bits per heavy atom. The maximum absolute atomic E-state index is 13.2. The molecule has 3 rings (SSSR count). The molecule has 6 heteroatoms. The van der Waals surface area contributed by atoms with Gasteiger partial charge in [-0.1, -0.05) is 37.3 Å². The Balaban J connectivity index is 0.00000176. The van der Waals surface area contributed by atoms with Crippen LogP contribution in [0.3, 0.4) is 0 Å². The molecule has 2 aliphatic rings. The van der Waals surface area contributed by atoms with E-state index in [0.717, 1.165) is 6.42 Å². The van der Waals surface area contributed by atoms with Crippen molar-refractivity contribution in [2.24, 2.45) is 0 Å². The lowest BCUT2D eigenvalue weighted by Crippen LogP contribution is -2.43. The third kappa shape index (κ3) is 3.25. The molecule has 1 aromatic rings. The molecule has 0 bridgehead atoms. The summed E-state index contributed by atoms with van der Waals surface area (Å²) in [7, 11) is 0. The number of likely N-dealkylation sites (tertiary alicyclic amines) is 1. The zero-order chi connectivity index (χ0) is 15.1. The first-order valence-corrected chi connectivity index (χ1v) is 7.35. The SMILES string of the molecule is CC1(c2ccccc2)CCN(C(=O)C2CC(F)(F)CN2)C1.Cl. The maximum atomic E-state index is 13.2. The standard InChI is InChI=1S/C16H20F2N2O.ClH/c1-15(12-5-3-2-4-6-12)7-8-20(11-15)14(21)13-9-16(17,18)10-19-13;/h2-6,13,19H,7-11H2,1H3;1H. The molecule has 2 fully saturated rings. The quantitative estimate of drug-likeness (QED) is 0.904. The summed E-state index contributed by atoms with van der Waals surface area (Å²) in [6.45, 7) is 2.97. The Bertz CT molecular complexity index is 540. The van der Waals surface area contributed by atoms with Crippen LogP contribution in [0.1, 0.15) is 25.3 Å². The molecule has 122 valence electrons. The minimum atomic E-state index is -2.76. The van der Waals surface area contributed by atoms with Crippen LogP contribution in [-0.4, -0.2) is 42.4 Å². The number of hydrogen-bond acceptors (Lipinski definition) is 2. The van der Waals surface area contributed by atoms with Gasteiger partial charge in [-0.2, -0.15) is 0 Å². The molecule has 2 unspecified atom stereocenters.